The molecule has 0 aromatic carbocycles. The fourth-order valence-corrected chi connectivity index (χ4v) is 0.912. The number of nitrogens with two attached hydrogens (primary N) is 1. The number of carbonyl (C=O) groups is 2. The van der Waals surface area contributed by atoms with Crippen molar-refractivity contribution in [3.05, 3.63) is 5.92 Å². The third-order valence-electron chi connectivity index (χ3n) is 1.64. The van der Waals surface area contributed by atoms with Crippen LogP contribution in [0.4, 0.5) is 0 Å². The van der Waals surface area contributed by atoms with E-state index in [9.17, 15) is 18.0 Å². The first-order valence-electron chi connectivity index (χ1n) is 4.12. The summed E-state index contributed by atoms with van der Waals surface area (Å²) in [4.78, 5) is 23.5. The lowest BCUT2D eigenvalue weighted by Gasteiger charge is -2.11. The Bertz CT molecular complexity index is 349. The zero-order chi connectivity index (χ0) is 12.2. The van der Waals surface area contributed by atoms with Gasteiger partial charge >= 0.3 is 0 Å². The number of amides is 2. The maximum absolute atomic E-state index is 11.2. The highest BCUT2D eigenvalue weighted by Gasteiger charge is 2.22. The molecule has 0 heterocycles. The molecule has 4 N–H and O–H groups in total. The van der Waals surface area contributed by atoms with Gasteiger partial charge in [0.05, 0.1) is 5.25 Å². The van der Waals surface area contributed by atoms with Crippen LogP contribution in [-0.2, 0) is 19.6 Å². The Morgan fingerprint density at radius 1 is 1.27 bits per heavy atom. The maximum atomic E-state index is 11.2. The Hall–Kier alpha value is -1.15. The highest BCUT2D eigenvalue weighted by Crippen LogP contribution is 1.97. The summed E-state index contributed by atoms with van der Waals surface area (Å²) in [7, 11) is -3.60. The smallest absolute Gasteiger partial charge is 0.251 e. The molecule has 0 bridgehead atoms. The minimum absolute atomic E-state index is 0.276. The summed E-state index contributed by atoms with van der Waals surface area (Å²) in [6, 6.07) is 0. The number of hydrogen-bond donors (Lipinski definition) is 3. The molecule has 0 saturated carbocycles. The van der Waals surface area contributed by atoms with Crippen LogP contribution in [0.2, 0.25) is 0 Å². The van der Waals surface area contributed by atoms with Gasteiger partial charge in [-0.15, -0.1) is 4.83 Å². The van der Waals surface area contributed by atoms with Crippen LogP contribution in [0.25, 0.3) is 0 Å². The molecule has 0 spiro atoms. The first-order chi connectivity index (χ1) is 6.68. The van der Waals surface area contributed by atoms with E-state index in [4.69, 9.17) is 5.73 Å². The van der Waals surface area contributed by atoms with Crippen LogP contribution in [0, 0.1) is 5.92 Å². The summed E-state index contributed by atoms with van der Waals surface area (Å²) in [5, 5.41) is -0.688. The van der Waals surface area contributed by atoms with Crippen LogP contribution in [0.3, 0.4) is 0 Å². The van der Waals surface area contributed by atoms with Crippen molar-refractivity contribution in [3.63, 3.8) is 0 Å². The fraction of sp³-hybridized carbons (Fsp3) is 0.571. The molecule has 0 aromatic heterocycles. The van der Waals surface area contributed by atoms with Crippen molar-refractivity contribution in [3.8, 4) is 0 Å². The Kier molecular flexibility index (Phi) is 4.69. The van der Waals surface area contributed by atoms with Crippen LogP contribution in [0.1, 0.15) is 20.8 Å². The summed E-state index contributed by atoms with van der Waals surface area (Å²) >= 11 is 0. The average Bonchev–Trinajstić information content (AvgIpc) is 2.12. The molecule has 0 aliphatic rings. The van der Waals surface area contributed by atoms with Crippen molar-refractivity contribution in [1.82, 2.24) is 10.3 Å². The normalized spacial score (nSPS) is 11.8. The Labute approximate surface area is 88.4 Å². The van der Waals surface area contributed by atoms with Crippen LogP contribution in [0.15, 0.2) is 0 Å². The van der Waals surface area contributed by atoms with Crippen molar-refractivity contribution < 1.29 is 18.0 Å². The summed E-state index contributed by atoms with van der Waals surface area (Å²) in [5.74, 6) is -2.05. The van der Waals surface area contributed by atoms with Gasteiger partial charge in [-0.1, -0.05) is 0 Å². The van der Waals surface area contributed by atoms with Gasteiger partial charge in [0.1, 0.15) is 5.92 Å². The summed E-state index contributed by atoms with van der Waals surface area (Å²) in [6.45, 7) is 4.08. The number of primary amides is 1. The summed E-state index contributed by atoms with van der Waals surface area (Å²) < 4.78 is 22.4. The molecule has 15 heavy (non-hydrogen) atoms. The molecule has 8 heteroatoms. The van der Waals surface area contributed by atoms with E-state index in [0.29, 0.717) is 0 Å². The lowest BCUT2D eigenvalue weighted by atomic mass is 10.1. The second-order valence-corrected chi connectivity index (χ2v) is 5.38. The van der Waals surface area contributed by atoms with E-state index >= 15 is 0 Å². The SMILES string of the molecule is C[C](C(N)=O)C(=O)NNS(=O)(=O)C(C)C. The van der Waals surface area contributed by atoms with E-state index in [2.05, 4.69) is 0 Å². The Morgan fingerprint density at radius 2 is 1.73 bits per heavy atom. The van der Waals surface area contributed by atoms with E-state index < -0.39 is 27.1 Å². The molecule has 7 nitrogen and oxygen atoms in total. The van der Waals surface area contributed by atoms with Gasteiger partial charge in [-0.25, -0.2) is 8.42 Å². The van der Waals surface area contributed by atoms with E-state index in [-0.39, 0.29) is 5.92 Å². The second kappa shape index (κ2) is 5.08. The minimum Gasteiger partial charge on any atom is -0.369 e. The molecule has 0 aliphatic heterocycles. The number of hydrogen-bond acceptors (Lipinski definition) is 4. The van der Waals surface area contributed by atoms with Crippen molar-refractivity contribution in [2.24, 2.45) is 5.73 Å². The summed E-state index contributed by atoms with van der Waals surface area (Å²) in [5.41, 5.74) is 6.69. The van der Waals surface area contributed by atoms with E-state index in [1.165, 1.54) is 20.8 Å². The van der Waals surface area contributed by atoms with Crippen molar-refractivity contribution in [2.45, 2.75) is 26.0 Å². The van der Waals surface area contributed by atoms with Gasteiger partial charge in [0.2, 0.25) is 15.9 Å². The van der Waals surface area contributed by atoms with Crippen LogP contribution >= 0.6 is 0 Å². The van der Waals surface area contributed by atoms with Gasteiger partial charge in [-0.05, 0) is 20.8 Å². The molecule has 1 radical (unpaired) electrons. The quantitative estimate of drug-likeness (QED) is 0.394. The molecule has 0 unspecified atom stereocenters. The molecule has 0 atom stereocenters. The zero-order valence-corrected chi connectivity index (χ0v) is 9.51. The highest BCUT2D eigenvalue weighted by atomic mass is 32.2. The molecule has 2 amide bonds. The fourth-order valence-electron chi connectivity index (χ4n) is 0.441. The standard InChI is InChI=1S/C7H14N3O4S/c1-4(2)15(13,14)10-9-7(12)5(3)6(8)11/h4,10H,1-3H3,(H2,8,11)(H,9,12). The molecule has 0 aromatic rings. The van der Waals surface area contributed by atoms with Gasteiger partial charge < -0.3 is 5.73 Å². The van der Waals surface area contributed by atoms with Gasteiger partial charge in [-0.3, -0.25) is 15.0 Å². The maximum Gasteiger partial charge on any atom is 0.251 e. The minimum atomic E-state index is -3.60. The average molecular weight is 236 g/mol. The molecular weight excluding hydrogens is 222 g/mol. The van der Waals surface area contributed by atoms with Crippen LogP contribution in [0.5, 0.6) is 0 Å². The van der Waals surface area contributed by atoms with Gasteiger partial charge in [-0.2, -0.15) is 0 Å². The number of sulfonamides is 1. The largest absolute Gasteiger partial charge is 0.369 e. The van der Waals surface area contributed by atoms with Crippen molar-refractivity contribution in [1.29, 1.82) is 0 Å². The van der Waals surface area contributed by atoms with Gasteiger partial charge in [0.15, 0.2) is 0 Å². The van der Waals surface area contributed by atoms with Gasteiger partial charge in [0.25, 0.3) is 5.91 Å². The highest BCUT2D eigenvalue weighted by molar-refractivity contribution is 7.90. The van der Waals surface area contributed by atoms with E-state index in [1.807, 2.05) is 10.3 Å². The predicted octanol–water partition coefficient (Wildman–Crippen LogP) is -1.57. The first kappa shape index (κ1) is 13.8. The predicted molar refractivity (Wildman–Crippen MR) is 53.4 cm³/mol. The molecule has 87 valence electrons. The number of carbonyl (C=O) groups excluding carboxylic acids is 2. The number of rotatable bonds is 5. The topological polar surface area (TPSA) is 118 Å². The first-order valence-corrected chi connectivity index (χ1v) is 5.67. The van der Waals surface area contributed by atoms with Crippen molar-refractivity contribution in [2.75, 3.05) is 0 Å². The van der Waals surface area contributed by atoms with Crippen molar-refractivity contribution >= 4 is 21.8 Å². The molecule has 0 fully saturated rings. The number of hydrazine groups is 1. The van der Waals surface area contributed by atoms with Gasteiger partial charge in [0, 0.05) is 0 Å². The lowest BCUT2D eigenvalue weighted by Crippen LogP contribution is -2.47. The molecule has 0 aliphatic carbocycles. The van der Waals surface area contributed by atoms with Crippen LogP contribution < -0.4 is 16.0 Å². The molecule has 0 saturated heterocycles. The van der Waals surface area contributed by atoms with Crippen LogP contribution in [-0.4, -0.2) is 25.5 Å². The third-order valence-corrected chi connectivity index (χ3v) is 3.27. The Morgan fingerprint density at radius 3 is 2.07 bits per heavy atom. The molecule has 0 rings (SSSR count). The third kappa shape index (κ3) is 4.26. The lowest BCUT2D eigenvalue weighted by molar-refractivity contribution is -0.125. The molecular formula is C7H14N3O4S. The zero-order valence-electron chi connectivity index (χ0n) is 8.70. The van der Waals surface area contributed by atoms with E-state index in [0.717, 1.165) is 0 Å². The monoisotopic (exact) mass is 236 g/mol. The number of nitrogens with one attached hydrogen (secondary N) is 2. The Balaban J connectivity index is 4.31. The van der Waals surface area contributed by atoms with E-state index in [1.54, 1.807) is 0 Å². The summed E-state index contributed by atoms with van der Waals surface area (Å²) in [6.07, 6.45) is 0. The second-order valence-electron chi connectivity index (χ2n) is 3.14.